The van der Waals surface area contributed by atoms with E-state index in [0.717, 1.165) is 6.20 Å². The van der Waals surface area contributed by atoms with Crippen LogP contribution in [-0.2, 0) is 6.54 Å². The summed E-state index contributed by atoms with van der Waals surface area (Å²) in [6.07, 6.45) is -1.42. The highest BCUT2D eigenvalue weighted by Gasteiger charge is 2.19. The Kier molecular flexibility index (Phi) is 3.42. The Labute approximate surface area is 84.3 Å². The number of aromatic nitrogens is 1. The van der Waals surface area contributed by atoms with Crippen molar-refractivity contribution in [1.82, 2.24) is 4.98 Å². The number of carbonyl (C=O) groups is 1. The van der Waals surface area contributed by atoms with E-state index in [9.17, 15) is 13.6 Å². The first-order valence-corrected chi connectivity index (χ1v) is 4.01. The molecule has 0 bridgehead atoms. The van der Waals surface area contributed by atoms with Gasteiger partial charge in [-0.15, -0.1) is 0 Å². The third kappa shape index (κ3) is 1.97. The van der Waals surface area contributed by atoms with Gasteiger partial charge in [0.25, 0.3) is 6.43 Å². The molecule has 0 spiro atoms. The zero-order valence-corrected chi connectivity index (χ0v) is 7.58. The fourth-order valence-electron chi connectivity index (χ4n) is 1.19. The maximum atomic E-state index is 12.4. The number of rotatable bonds is 3. The fraction of sp³-hybridized carbons (Fsp3) is 0.222. The second-order valence-corrected chi connectivity index (χ2v) is 2.69. The van der Waals surface area contributed by atoms with Gasteiger partial charge in [0, 0.05) is 18.3 Å². The Morgan fingerprint density at radius 3 is 2.73 bits per heavy atom. The quantitative estimate of drug-likeness (QED) is 0.761. The molecule has 78 valence electrons. The van der Waals surface area contributed by atoms with Crippen LogP contribution < -0.4 is 5.73 Å². The Hall–Kier alpha value is -1.87. The van der Waals surface area contributed by atoms with Crippen LogP contribution in [0.2, 0.25) is 0 Å². The van der Waals surface area contributed by atoms with Gasteiger partial charge in [-0.2, -0.15) is 5.26 Å². The number of pyridine rings is 1. The monoisotopic (exact) mass is 211 g/mol. The first-order chi connectivity index (χ1) is 7.15. The molecule has 1 aromatic rings. The smallest absolute Gasteiger partial charge is 0.281 e. The molecule has 0 aliphatic heterocycles. The molecule has 0 aliphatic rings. The molecule has 15 heavy (non-hydrogen) atoms. The predicted octanol–water partition coefficient (Wildman–Crippen LogP) is 1.16. The normalized spacial score (nSPS) is 10.1. The summed E-state index contributed by atoms with van der Waals surface area (Å²) < 4.78 is 24.8. The van der Waals surface area contributed by atoms with Crippen LogP contribution in [-0.4, -0.2) is 11.3 Å². The van der Waals surface area contributed by atoms with Crippen molar-refractivity contribution < 1.29 is 13.6 Å². The van der Waals surface area contributed by atoms with Gasteiger partial charge in [-0.25, -0.2) is 8.78 Å². The van der Waals surface area contributed by atoms with Gasteiger partial charge >= 0.3 is 0 Å². The molecule has 1 aromatic heterocycles. The van der Waals surface area contributed by atoms with E-state index < -0.39 is 12.1 Å². The van der Waals surface area contributed by atoms with Gasteiger partial charge in [0.15, 0.2) is 6.29 Å². The molecule has 1 rings (SSSR count). The molecule has 0 aromatic carbocycles. The summed E-state index contributed by atoms with van der Waals surface area (Å²) in [4.78, 5) is 13.9. The van der Waals surface area contributed by atoms with Crippen molar-refractivity contribution in [2.24, 2.45) is 5.73 Å². The number of nitrogens with two attached hydrogens (primary N) is 1. The van der Waals surface area contributed by atoms with Crippen molar-refractivity contribution >= 4 is 6.29 Å². The molecule has 0 atom stereocenters. The SMILES string of the molecule is N#Cc1c(C(F)F)ncc(C=O)c1CN. The number of carbonyl (C=O) groups excluding carboxylic acids is 1. The van der Waals surface area contributed by atoms with Gasteiger partial charge in [0.1, 0.15) is 11.8 Å². The molecule has 4 nitrogen and oxygen atoms in total. The van der Waals surface area contributed by atoms with Crippen molar-refractivity contribution in [3.8, 4) is 6.07 Å². The number of alkyl halides is 2. The number of hydrogen-bond acceptors (Lipinski definition) is 4. The van der Waals surface area contributed by atoms with Crippen LogP contribution in [0.4, 0.5) is 8.78 Å². The van der Waals surface area contributed by atoms with Crippen molar-refractivity contribution in [1.29, 1.82) is 5.26 Å². The van der Waals surface area contributed by atoms with Gasteiger partial charge in [0.2, 0.25) is 0 Å². The minimum absolute atomic E-state index is 0.0680. The molecule has 0 fully saturated rings. The van der Waals surface area contributed by atoms with Crippen molar-refractivity contribution in [2.75, 3.05) is 0 Å². The average molecular weight is 211 g/mol. The molecule has 0 saturated heterocycles. The van der Waals surface area contributed by atoms with E-state index in [1.54, 1.807) is 6.07 Å². The lowest BCUT2D eigenvalue weighted by molar-refractivity contribution is 0.112. The minimum Gasteiger partial charge on any atom is -0.326 e. The standard InChI is InChI=1S/C9H7F2N3O/c10-9(11)8-7(2-13)6(1-12)5(4-15)3-14-8/h3-4,9H,1,12H2. The topological polar surface area (TPSA) is 79.8 Å². The van der Waals surface area contributed by atoms with E-state index in [4.69, 9.17) is 11.0 Å². The Morgan fingerprint density at radius 2 is 2.33 bits per heavy atom. The van der Waals surface area contributed by atoms with Crippen LogP contribution in [0.3, 0.4) is 0 Å². The van der Waals surface area contributed by atoms with Gasteiger partial charge < -0.3 is 5.73 Å². The van der Waals surface area contributed by atoms with Crippen LogP contribution >= 0.6 is 0 Å². The summed E-state index contributed by atoms with van der Waals surface area (Å²) in [5.41, 5.74) is 4.52. The number of halogens is 2. The highest BCUT2D eigenvalue weighted by molar-refractivity contribution is 5.78. The van der Waals surface area contributed by atoms with Crippen LogP contribution in [0.5, 0.6) is 0 Å². The molecule has 0 saturated carbocycles. The van der Waals surface area contributed by atoms with Crippen LogP contribution in [0.15, 0.2) is 6.20 Å². The van der Waals surface area contributed by atoms with Crippen LogP contribution in [0.1, 0.15) is 33.6 Å². The molecule has 2 N–H and O–H groups in total. The van der Waals surface area contributed by atoms with Crippen LogP contribution in [0.25, 0.3) is 0 Å². The predicted molar refractivity (Wildman–Crippen MR) is 47.2 cm³/mol. The Bertz CT molecular complexity index is 426. The van der Waals surface area contributed by atoms with Gasteiger partial charge in [-0.1, -0.05) is 0 Å². The zero-order valence-electron chi connectivity index (χ0n) is 7.58. The summed E-state index contributed by atoms with van der Waals surface area (Å²) in [5, 5.41) is 8.70. The lowest BCUT2D eigenvalue weighted by Crippen LogP contribution is -2.09. The number of nitriles is 1. The second-order valence-electron chi connectivity index (χ2n) is 2.69. The second kappa shape index (κ2) is 4.57. The maximum absolute atomic E-state index is 12.4. The highest BCUT2D eigenvalue weighted by atomic mass is 19.3. The molecule has 0 unspecified atom stereocenters. The van der Waals surface area contributed by atoms with Crippen molar-refractivity contribution in [2.45, 2.75) is 13.0 Å². The van der Waals surface area contributed by atoms with Gasteiger partial charge in [-0.3, -0.25) is 9.78 Å². The Balaban J connectivity index is 3.49. The maximum Gasteiger partial charge on any atom is 0.281 e. The summed E-state index contributed by atoms with van der Waals surface area (Å²) >= 11 is 0. The molecule has 0 aliphatic carbocycles. The summed E-state index contributed by atoms with van der Waals surface area (Å²) in [5.74, 6) is 0. The molecular weight excluding hydrogens is 204 g/mol. The molecule has 0 amide bonds. The first-order valence-electron chi connectivity index (χ1n) is 4.01. The van der Waals surface area contributed by atoms with E-state index in [0.29, 0.717) is 6.29 Å². The van der Waals surface area contributed by atoms with E-state index in [1.807, 2.05) is 0 Å². The number of aldehydes is 1. The van der Waals surface area contributed by atoms with E-state index in [2.05, 4.69) is 4.98 Å². The van der Waals surface area contributed by atoms with Crippen molar-refractivity contribution in [3.63, 3.8) is 0 Å². The van der Waals surface area contributed by atoms with E-state index >= 15 is 0 Å². The van der Waals surface area contributed by atoms with E-state index in [1.165, 1.54) is 0 Å². The fourth-order valence-corrected chi connectivity index (χ4v) is 1.19. The minimum atomic E-state index is -2.86. The first kappa shape index (κ1) is 11.2. The highest BCUT2D eigenvalue weighted by Crippen LogP contribution is 2.24. The molecular formula is C9H7F2N3O. The summed E-state index contributed by atoms with van der Waals surface area (Å²) in [6.45, 7) is -0.154. The number of hydrogen-bond donors (Lipinski definition) is 1. The van der Waals surface area contributed by atoms with Gasteiger partial charge in [-0.05, 0) is 5.56 Å². The molecule has 1 heterocycles. The third-order valence-corrected chi connectivity index (χ3v) is 1.90. The Morgan fingerprint density at radius 1 is 1.67 bits per heavy atom. The van der Waals surface area contributed by atoms with Crippen LogP contribution in [0, 0.1) is 11.3 Å². The summed E-state index contributed by atoms with van der Waals surface area (Å²) in [6, 6.07) is 1.59. The summed E-state index contributed by atoms with van der Waals surface area (Å²) in [7, 11) is 0. The largest absolute Gasteiger partial charge is 0.326 e. The average Bonchev–Trinajstić information content (AvgIpc) is 2.26. The van der Waals surface area contributed by atoms with E-state index in [-0.39, 0.29) is 23.2 Å². The number of nitrogens with zero attached hydrogens (tertiary/aromatic N) is 2. The zero-order chi connectivity index (χ0) is 11.4. The molecule has 0 radical (unpaired) electrons. The third-order valence-electron chi connectivity index (χ3n) is 1.90. The van der Waals surface area contributed by atoms with Gasteiger partial charge in [0.05, 0.1) is 5.56 Å². The lowest BCUT2D eigenvalue weighted by Gasteiger charge is -2.08. The molecule has 6 heteroatoms. The van der Waals surface area contributed by atoms with Crippen molar-refractivity contribution in [3.05, 3.63) is 28.6 Å². The lowest BCUT2D eigenvalue weighted by atomic mass is 10.0.